The van der Waals surface area contributed by atoms with Crippen LogP contribution in [0, 0.1) is 13.8 Å². The molecule has 0 aromatic heterocycles. The van der Waals surface area contributed by atoms with Crippen LogP contribution < -0.4 is 18.9 Å². The predicted molar refractivity (Wildman–Crippen MR) is 104 cm³/mol. The van der Waals surface area contributed by atoms with Gasteiger partial charge in [-0.1, -0.05) is 41.5 Å². The molecule has 1 aliphatic rings. The standard InChI is InChI=1S/C23H22O4/c1-16-6-10-18(11-7-16)26-23(27-19-12-8-17(2)9-13-19)20-4-3-5-21-22(20)25-15-14-24-21/h3-13,23H,14-15H2,1-2H3. The van der Waals surface area contributed by atoms with Gasteiger partial charge in [0.2, 0.25) is 0 Å². The molecule has 0 saturated carbocycles. The molecule has 0 saturated heterocycles. The Balaban J connectivity index is 1.69. The van der Waals surface area contributed by atoms with E-state index in [1.54, 1.807) is 0 Å². The summed E-state index contributed by atoms with van der Waals surface area (Å²) in [6.45, 7) is 5.14. The first-order valence-electron chi connectivity index (χ1n) is 9.04. The van der Waals surface area contributed by atoms with Gasteiger partial charge in [0.25, 0.3) is 6.29 Å². The van der Waals surface area contributed by atoms with E-state index in [-0.39, 0.29) is 0 Å². The molecule has 27 heavy (non-hydrogen) atoms. The second-order valence-electron chi connectivity index (χ2n) is 6.57. The number of aryl methyl sites for hydroxylation is 2. The third-order valence-corrected chi connectivity index (χ3v) is 4.38. The van der Waals surface area contributed by atoms with Crippen molar-refractivity contribution < 1.29 is 18.9 Å². The van der Waals surface area contributed by atoms with Crippen LogP contribution in [-0.4, -0.2) is 13.2 Å². The monoisotopic (exact) mass is 362 g/mol. The van der Waals surface area contributed by atoms with E-state index < -0.39 is 6.29 Å². The van der Waals surface area contributed by atoms with E-state index in [1.165, 1.54) is 11.1 Å². The Hall–Kier alpha value is -3.14. The van der Waals surface area contributed by atoms with Crippen molar-refractivity contribution in [3.8, 4) is 23.0 Å². The lowest BCUT2D eigenvalue weighted by atomic mass is 10.1. The largest absolute Gasteiger partial charge is 0.486 e. The van der Waals surface area contributed by atoms with E-state index in [4.69, 9.17) is 18.9 Å². The fourth-order valence-electron chi connectivity index (χ4n) is 2.91. The van der Waals surface area contributed by atoms with Gasteiger partial charge in [-0.3, -0.25) is 0 Å². The van der Waals surface area contributed by atoms with Gasteiger partial charge in [-0.25, -0.2) is 0 Å². The van der Waals surface area contributed by atoms with Gasteiger partial charge in [0.15, 0.2) is 11.5 Å². The highest BCUT2D eigenvalue weighted by Gasteiger charge is 2.25. The van der Waals surface area contributed by atoms with E-state index in [0.717, 1.165) is 17.1 Å². The van der Waals surface area contributed by atoms with Crippen molar-refractivity contribution in [1.29, 1.82) is 0 Å². The minimum Gasteiger partial charge on any atom is -0.486 e. The molecule has 4 rings (SSSR count). The van der Waals surface area contributed by atoms with Crippen LogP contribution in [0.4, 0.5) is 0 Å². The molecule has 138 valence electrons. The van der Waals surface area contributed by atoms with Gasteiger partial charge in [-0.15, -0.1) is 0 Å². The van der Waals surface area contributed by atoms with Crippen LogP contribution in [0.25, 0.3) is 0 Å². The van der Waals surface area contributed by atoms with Gasteiger partial charge in [0.1, 0.15) is 24.7 Å². The van der Waals surface area contributed by atoms with Crippen molar-refractivity contribution in [2.45, 2.75) is 20.1 Å². The zero-order chi connectivity index (χ0) is 18.6. The molecule has 4 heteroatoms. The zero-order valence-electron chi connectivity index (χ0n) is 15.5. The van der Waals surface area contributed by atoms with Gasteiger partial charge in [-0.05, 0) is 50.2 Å². The molecule has 0 atom stereocenters. The molecule has 3 aromatic rings. The highest BCUT2D eigenvalue weighted by molar-refractivity contribution is 5.48. The van der Waals surface area contributed by atoms with E-state index >= 15 is 0 Å². The summed E-state index contributed by atoms with van der Waals surface area (Å²) in [6, 6.07) is 21.6. The van der Waals surface area contributed by atoms with Crippen molar-refractivity contribution in [3.05, 3.63) is 83.4 Å². The molecule has 4 nitrogen and oxygen atoms in total. The third-order valence-electron chi connectivity index (χ3n) is 4.38. The van der Waals surface area contributed by atoms with Crippen LogP contribution in [0.5, 0.6) is 23.0 Å². The molecule has 0 amide bonds. The molecular formula is C23H22O4. The summed E-state index contributed by atoms with van der Waals surface area (Å²) >= 11 is 0. The first-order valence-corrected chi connectivity index (χ1v) is 9.04. The minimum absolute atomic E-state index is 0.506. The molecule has 0 spiro atoms. The Morgan fingerprint density at radius 1 is 0.704 bits per heavy atom. The van der Waals surface area contributed by atoms with E-state index in [0.29, 0.717) is 24.7 Å². The van der Waals surface area contributed by atoms with Crippen molar-refractivity contribution in [1.82, 2.24) is 0 Å². The van der Waals surface area contributed by atoms with Gasteiger partial charge in [0, 0.05) is 0 Å². The lowest BCUT2D eigenvalue weighted by Gasteiger charge is -2.26. The van der Waals surface area contributed by atoms with E-state index in [2.05, 4.69) is 0 Å². The maximum Gasteiger partial charge on any atom is 0.271 e. The fraction of sp³-hybridized carbons (Fsp3) is 0.217. The van der Waals surface area contributed by atoms with Gasteiger partial charge in [-0.2, -0.15) is 0 Å². The van der Waals surface area contributed by atoms with E-state index in [9.17, 15) is 0 Å². The SMILES string of the molecule is Cc1ccc(OC(Oc2ccc(C)cc2)c2cccc3c2OCCO3)cc1. The number of hydrogen-bond donors (Lipinski definition) is 0. The maximum absolute atomic E-state index is 6.20. The zero-order valence-corrected chi connectivity index (χ0v) is 15.5. The Morgan fingerprint density at radius 2 is 1.26 bits per heavy atom. The maximum atomic E-state index is 6.20. The van der Waals surface area contributed by atoms with Gasteiger partial charge >= 0.3 is 0 Å². The Labute approximate surface area is 159 Å². The van der Waals surface area contributed by atoms with Gasteiger partial charge < -0.3 is 18.9 Å². The topological polar surface area (TPSA) is 36.9 Å². The Bertz CT molecular complexity index is 853. The van der Waals surface area contributed by atoms with Crippen molar-refractivity contribution in [2.75, 3.05) is 13.2 Å². The second-order valence-corrected chi connectivity index (χ2v) is 6.57. The van der Waals surface area contributed by atoms with Crippen molar-refractivity contribution in [3.63, 3.8) is 0 Å². The highest BCUT2D eigenvalue weighted by atomic mass is 16.7. The van der Waals surface area contributed by atoms with Crippen LogP contribution in [0.1, 0.15) is 23.0 Å². The molecule has 1 heterocycles. The minimum atomic E-state index is -0.660. The summed E-state index contributed by atoms with van der Waals surface area (Å²) in [5.74, 6) is 2.84. The predicted octanol–water partition coefficient (Wildman–Crippen LogP) is 5.23. The molecule has 0 N–H and O–H groups in total. The normalized spacial score (nSPS) is 12.7. The Kier molecular flexibility index (Phi) is 4.88. The average molecular weight is 362 g/mol. The average Bonchev–Trinajstić information content (AvgIpc) is 2.70. The van der Waals surface area contributed by atoms with Crippen LogP contribution in [-0.2, 0) is 0 Å². The first kappa shape index (κ1) is 17.3. The lowest BCUT2D eigenvalue weighted by Crippen LogP contribution is -2.21. The third kappa shape index (κ3) is 4.00. The van der Waals surface area contributed by atoms with Gasteiger partial charge in [0.05, 0.1) is 5.56 Å². The molecule has 1 aliphatic heterocycles. The number of fused-ring (bicyclic) bond motifs is 1. The molecule has 0 aliphatic carbocycles. The summed E-state index contributed by atoms with van der Waals surface area (Å²) in [5.41, 5.74) is 3.15. The summed E-state index contributed by atoms with van der Waals surface area (Å²) in [4.78, 5) is 0. The smallest absolute Gasteiger partial charge is 0.271 e. The molecule has 0 fully saturated rings. The first-order chi connectivity index (χ1) is 13.2. The molecule has 0 bridgehead atoms. The van der Waals surface area contributed by atoms with Crippen LogP contribution in [0.3, 0.4) is 0 Å². The molecular weight excluding hydrogens is 340 g/mol. The molecule has 0 radical (unpaired) electrons. The quantitative estimate of drug-likeness (QED) is 0.582. The summed E-state index contributed by atoms with van der Waals surface area (Å²) in [6.07, 6.45) is -0.660. The lowest BCUT2D eigenvalue weighted by molar-refractivity contribution is 0.000204. The number of ether oxygens (including phenoxy) is 4. The highest BCUT2D eigenvalue weighted by Crippen LogP contribution is 2.39. The fourth-order valence-corrected chi connectivity index (χ4v) is 2.91. The number of para-hydroxylation sites is 1. The number of benzene rings is 3. The van der Waals surface area contributed by atoms with Crippen molar-refractivity contribution in [2.24, 2.45) is 0 Å². The summed E-state index contributed by atoms with van der Waals surface area (Å²) in [7, 11) is 0. The molecule has 3 aromatic carbocycles. The number of hydrogen-bond acceptors (Lipinski definition) is 4. The Morgan fingerprint density at radius 3 is 1.85 bits per heavy atom. The summed E-state index contributed by atoms with van der Waals surface area (Å²) in [5, 5.41) is 0. The van der Waals surface area contributed by atoms with E-state index in [1.807, 2.05) is 80.6 Å². The summed E-state index contributed by atoms with van der Waals surface area (Å²) < 4.78 is 24.0. The van der Waals surface area contributed by atoms with Crippen LogP contribution in [0.2, 0.25) is 0 Å². The molecule has 0 unspecified atom stereocenters. The van der Waals surface area contributed by atoms with Crippen molar-refractivity contribution >= 4 is 0 Å². The van der Waals surface area contributed by atoms with Crippen LogP contribution in [0.15, 0.2) is 66.7 Å². The van der Waals surface area contributed by atoms with Crippen LogP contribution >= 0.6 is 0 Å². The number of rotatable bonds is 5. The second kappa shape index (κ2) is 7.62.